The fourth-order valence-electron chi connectivity index (χ4n) is 4.70. The van der Waals surface area contributed by atoms with Gasteiger partial charge in [-0.1, -0.05) is 12.5 Å². The van der Waals surface area contributed by atoms with E-state index in [1.807, 2.05) is 11.5 Å². The Labute approximate surface area is 206 Å². The van der Waals surface area contributed by atoms with Gasteiger partial charge in [-0.3, -0.25) is 4.79 Å². The molecule has 36 heavy (non-hydrogen) atoms. The standard InChI is InChI=1S/C25H25FN8O2/c1-4-22(35)33-11-16(9-17(33)12-36-3)34-25-23(24(27)28-13-29-25)19(31-34)7-6-15-8-20-21(10-18(15)26)32(5-2)14-30-20/h4,8,10,13-14,16-17H,1,5,9,11-12H2,2-3H3,(H2,27,28,29)/t16-,17+/m0/s1. The molecule has 0 saturated carbocycles. The molecule has 11 heteroatoms. The summed E-state index contributed by atoms with van der Waals surface area (Å²) in [4.78, 5) is 27.0. The van der Waals surface area contributed by atoms with Gasteiger partial charge in [-0.2, -0.15) is 5.10 Å². The number of carbonyl (C=O) groups is 1. The molecule has 2 atom stereocenters. The first-order chi connectivity index (χ1) is 17.4. The highest BCUT2D eigenvalue weighted by atomic mass is 19.1. The number of nitrogens with two attached hydrogens (primary N) is 1. The maximum absolute atomic E-state index is 14.9. The van der Waals surface area contributed by atoms with E-state index in [2.05, 4.69) is 38.5 Å². The average molecular weight is 489 g/mol. The van der Waals surface area contributed by atoms with E-state index < -0.39 is 5.82 Å². The number of fused-ring (bicyclic) bond motifs is 2. The van der Waals surface area contributed by atoms with Gasteiger partial charge in [-0.15, -0.1) is 0 Å². The zero-order chi connectivity index (χ0) is 25.4. The first-order valence-corrected chi connectivity index (χ1v) is 11.5. The molecule has 0 aliphatic carbocycles. The molecule has 1 amide bonds. The lowest BCUT2D eigenvalue weighted by atomic mass is 10.1. The molecule has 0 unspecified atom stereocenters. The van der Waals surface area contributed by atoms with E-state index in [9.17, 15) is 9.18 Å². The number of likely N-dealkylation sites (tertiary alicyclic amines) is 1. The van der Waals surface area contributed by atoms with Crippen LogP contribution < -0.4 is 5.73 Å². The summed E-state index contributed by atoms with van der Waals surface area (Å²) in [6.45, 7) is 7.04. The van der Waals surface area contributed by atoms with Gasteiger partial charge in [-0.05, 0) is 31.4 Å². The molecule has 5 rings (SSSR count). The Balaban J connectivity index is 1.56. The van der Waals surface area contributed by atoms with Crippen molar-refractivity contribution in [2.24, 2.45) is 0 Å². The number of nitrogen functional groups attached to an aromatic ring is 1. The molecule has 2 N–H and O–H groups in total. The Morgan fingerprint density at radius 1 is 1.33 bits per heavy atom. The Morgan fingerprint density at radius 2 is 2.17 bits per heavy atom. The number of anilines is 1. The number of imidazole rings is 1. The van der Waals surface area contributed by atoms with Crippen LogP contribution in [0.5, 0.6) is 0 Å². The van der Waals surface area contributed by atoms with Crippen LogP contribution in [0.4, 0.5) is 10.2 Å². The van der Waals surface area contributed by atoms with Crippen molar-refractivity contribution < 1.29 is 13.9 Å². The maximum Gasteiger partial charge on any atom is 0.246 e. The van der Waals surface area contributed by atoms with Gasteiger partial charge in [0.05, 0.1) is 47.0 Å². The second-order valence-electron chi connectivity index (χ2n) is 8.55. The van der Waals surface area contributed by atoms with Crippen LogP contribution in [0, 0.1) is 17.7 Å². The lowest BCUT2D eigenvalue weighted by Gasteiger charge is -2.22. The molecule has 1 aromatic carbocycles. The van der Waals surface area contributed by atoms with Gasteiger partial charge < -0.3 is 19.9 Å². The van der Waals surface area contributed by atoms with E-state index in [-0.39, 0.29) is 29.4 Å². The van der Waals surface area contributed by atoms with Crippen molar-refractivity contribution >= 4 is 33.8 Å². The van der Waals surface area contributed by atoms with Crippen molar-refractivity contribution in [3.05, 3.63) is 54.5 Å². The van der Waals surface area contributed by atoms with Crippen LogP contribution in [0.25, 0.3) is 22.1 Å². The Bertz CT molecular complexity index is 1550. The number of aryl methyl sites for hydroxylation is 1. The fraction of sp³-hybridized carbons (Fsp3) is 0.320. The summed E-state index contributed by atoms with van der Waals surface area (Å²) < 4.78 is 23.8. The van der Waals surface area contributed by atoms with Crippen LogP contribution in [0.2, 0.25) is 0 Å². The van der Waals surface area contributed by atoms with E-state index in [1.165, 1.54) is 18.5 Å². The van der Waals surface area contributed by atoms with Gasteiger partial charge in [0.1, 0.15) is 23.7 Å². The molecule has 1 aliphatic heterocycles. The smallest absolute Gasteiger partial charge is 0.246 e. The highest BCUT2D eigenvalue weighted by molar-refractivity contribution is 5.91. The van der Waals surface area contributed by atoms with E-state index >= 15 is 0 Å². The van der Waals surface area contributed by atoms with Crippen molar-refractivity contribution in [2.45, 2.75) is 32.0 Å². The van der Waals surface area contributed by atoms with Crippen molar-refractivity contribution in [1.82, 2.24) is 34.2 Å². The number of methoxy groups -OCH3 is 1. The monoisotopic (exact) mass is 488 g/mol. The molecule has 1 fully saturated rings. The second-order valence-corrected chi connectivity index (χ2v) is 8.55. The largest absolute Gasteiger partial charge is 0.383 e. The Hall–Kier alpha value is -4.30. The highest BCUT2D eigenvalue weighted by Crippen LogP contribution is 2.32. The van der Waals surface area contributed by atoms with E-state index in [0.29, 0.717) is 53.9 Å². The lowest BCUT2D eigenvalue weighted by Crippen LogP contribution is -2.37. The first-order valence-electron chi connectivity index (χ1n) is 11.5. The number of aromatic nitrogens is 6. The minimum Gasteiger partial charge on any atom is -0.383 e. The topological polar surface area (TPSA) is 117 Å². The van der Waals surface area contributed by atoms with Crippen molar-refractivity contribution in [3.8, 4) is 11.8 Å². The van der Waals surface area contributed by atoms with Crippen LogP contribution in [-0.4, -0.2) is 66.4 Å². The van der Waals surface area contributed by atoms with Gasteiger partial charge in [-0.25, -0.2) is 24.0 Å². The van der Waals surface area contributed by atoms with Gasteiger partial charge >= 0.3 is 0 Å². The Kier molecular flexibility index (Phi) is 6.12. The third kappa shape index (κ3) is 3.95. The van der Waals surface area contributed by atoms with E-state index in [4.69, 9.17) is 10.5 Å². The highest BCUT2D eigenvalue weighted by Gasteiger charge is 2.37. The van der Waals surface area contributed by atoms with Gasteiger partial charge in [0.15, 0.2) is 5.65 Å². The molecule has 10 nitrogen and oxygen atoms in total. The number of amides is 1. The third-order valence-electron chi connectivity index (χ3n) is 6.44. The molecular formula is C25H25FN8O2. The summed E-state index contributed by atoms with van der Waals surface area (Å²) in [5.74, 6) is 5.43. The molecule has 4 heterocycles. The molecule has 1 saturated heterocycles. The van der Waals surface area contributed by atoms with Crippen LogP contribution >= 0.6 is 0 Å². The number of hydrogen-bond donors (Lipinski definition) is 1. The number of rotatable bonds is 5. The zero-order valence-electron chi connectivity index (χ0n) is 20.0. The first kappa shape index (κ1) is 23.4. The van der Waals surface area contributed by atoms with Crippen molar-refractivity contribution in [1.29, 1.82) is 0 Å². The third-order valence-corrected chi connectivity index (χ3v) is 6.44. The number of carbonyl (C=O) groups excluding carboxylic acids is 1. The van der Waals surface area contributed by atoms with Crippen molar-refractivity contribution in [2.75, 3.05) is 26.0 Å². The summed E-state index contributed by atoms with van der Waals surface area (Å²) in [6.07, 6.45) is 4.93. The predicted molar refractivity (Wildman–Crippen MR) is 132 cm³/mol. The summed E-state index contributed by atoms with van der Waals surface area (Å²) in [5.41, 5.74) is 8.57. The minimum absolute atomic E-state index is 0.137. The molecule has 0 bridgehead atoms. The maximum atomic E-state index is 14.9. The SMILES string of the molecule is C=CC(=O)N1C[C@@H](n2nc(C#Cc3cc4ncn(CC)c4cc3F)c3c(N)ncnc32)C[C@@H]1COC. The number of ether oxygens (including phenoxy) is 1. The van der Waals surface area contributed by atoms with Gasteiger partial charge in [0.2, 0.25) is 5.91 Å². The number of nitrogens with zero attached hydrogens (tertiary/aromatic N) is 7. The van der Waals surface area contributed by atoms with E-state index in [1.54, 1.807) is 29.1 Å². The molecule has 3 aromatic heterocycles. The Morgan fingerprint density at radius 3 is 2.92 bits per heavy atom. The van der Waals surface area contributed by atoms with Crippen molar-refractivity contribution in [3.63, 3.8) is 0 Å². The van der Waals surface area contributed by atoms with Crippen LogP contribution in [0.1, 0.15) is 30.6 Å². The minimum atomic E-state index is -0.449. The number of hydrogen-bond acceptors (Lipinski definition) is 7. The van der Waals surface area contributed by atoms with E-state index in [0.717, 1.165) is 0 Å². The summed E-state index contributed by atoms with van der Waals surface area (Å²) in [5, 5.41) is 5.17. The van der Waals surface area contributed by atoms with Crippen LogP contribution in [0.15, 0.2) is 37.4 Å². The fourth-order valence-corrected chi connectivity index (χ4v) is 4.70. The zero-order valence-corrected chi connectivity index (χ0v) is 20.0. The summed E-state index contributed by atoms with van der Waals surface area (Å²) in [6, 6.07) is 2.73. The molecular weight excluding hydrogens is 463 g/mol. The predicted octanol–water partition coefficient (Wildman–Crippen LogP) is 2.29. The average Bonchev–Trinajstić information content (AvgIpc) is 3.58. The molecule has 1 aliphatic rings. The normalized spacial score (nSPS) is 17.5. The molecule has 0 radical (unpaired) electrons. The molecule has 184 valence electrons. The summed E-state index contributed by atoms with van der Waals surface area (Å²) >= 11 is 0. The second kappa shape index (κ2) is 9.39. The quantitative estimate of drug-likeness (QED) is 0.338. The number of halogens is 1. The lowest BCUT2D eigenvalue weighted by molar-refractivity contribution is -0.127. The van der Waals surface area contributed by atoms with Crippen LogP contribution in [-0.2, 0) is 16.1 Å². The molecule has 4 aromatic rings. The van der Waals surface area contributed by atoms with Gasteiger partial charge in [0, 0.05) is 26.3 Å². The number of benzene rings is 1. The van der Waals surface area contributed by atoms with Gasteiger partial charge in [0.25, 0.3) is 0 Å². The van der Waals surface area contributed by atoms with Crippen LogP contribution in [0.3, 0.4) is 0 Å². The molecule has 0 spiro atoms. The summed E-state index contributed by atoms with van der Waals surface area (Å²) in [7, 11) is 1.60.